The van der Waals surface area contributed by atoms with E-state index in [1.54, 1.807) is 31.4 Å². The number of fused-ring (bicyclic) bond motifs is 5. The maximum Gasteiger partial charge on any atom is 0.241 e. The third-order valence-corrected chi connectivity index (χ3v) is 13.1. The number of anilines is 1. The van der Waals surface area contributed by atoms with E-state index >= 15 is 0 Å². The van der Waals surface area contributed by atoms with Crippen molar-refractivity contribution < 1.29 is 33.4 Å². The zero-order chi connectivity index (χ0) is 36.8. The lowest BCUT2D eigenvalue weighted by molar-refractivity contribution is -0.144. The summed E-state index contributed by atoms with van der Waals surface area (Å²) in [6.07, 6.45) is 5.96. The zero-order valence-electron chi connectivity index (χ0n) is 29.2. The van der Waals surface area contributed by atoms with Gasteiger partial charge in [-0.15, -0.1) is 0 Å². The molecule has 3 aromatic carbocycles. The van der Waals surface area contributed by atoms with Crippen LogP contribution in [0.5, 0.6) is 11.5 Å². The van der Waals surface area contributed by atoms with Crippen LogP contribution in [0.2, 0.25) is 5.02 Å². The van der Waals surface area contributed by atoms with Crippen molar-refractivity contribution in [2.45, 2.75) is 51.6 Å². The fourth-order valence-electron chi connectivity index (χ4n) is 10.3. The number of halogens is 2. The number of phenols is 1. The predicted octanol–water partition coefficient (Wildman–Crippen LogP) is 6.43. The number of nitrogens with zero attached hydrogens (tertiary/aromatic N) is 3. The van der Waals surface area contributed by atoms with Crippen molar-refractivity contribution in [3.8, 4) is 11.5 Å². The summed E-state index contributed by atoms with van der Waals surface area (Å²) >= 11 is 6.14. The van der Waals surface area contributed by atoms with E-state index in [9.17, 15) is 28.7 Å². The van der Waals surface area contributed by atoms with Gasteiger partial charge in [0.2, 0.25) is 23.6 Å². The fraction of sp³-hybridized carbons (Fsp3) is 0.381. The summed E-state index contributed by atoms with van der Waals surface area (Å²) in [4.78, 5) is 63.1. The highest BCUT2D eigenvalue weighted by molar-refractivity contribution is 6.31. The van der Waals surface area contributed by atoms with E-state index in [4.69, 9.17) is 16.3 Å². The number of amides is 4. The molecule has 1 saturated carbocycles. The molecule has 4 amide bonds. The molecule has 4 fully saturated rings. The van der Waals surface area contributed by atoms with E-state index in [0.29, 0.717) is 31.4 Å². The number of hydrogen-bond donors (Lipinski definition) is 1. The van der Waals surface area contributed by atoms with Gasteiger partial charge < -0.3 is 9.84 Å². The Kier molecular flexibility index (Phi) is 8.12. The molecule has 4 aliphatic heterocycles. The van der Waals surface area contributed by atoms with Crippen molar-refractivity contribution in [3.05, 3.63) is 112 Å². The first-order chi connectivity index (χ1) is 25.5. The number of ether oxygens (including phenoxy) is 1. The van der Waals surface area contributed by atoms with Gasteiger partial charge in [-0.1, -0.05) is 53.6 Å². The van der Waals surface area contributed by atoms with Crippen LogP contribution in [0.15, 0.2) is 90.2 Å². The molecule has 0 aromatic heterocycles. The highest BCUT2D eigenvalue weighted by Gasteiger charge is 2.68. The Hall–Kier alpha value is -4.80. The van der Waals surface area contributed by atoms with Gasteiger partial charge in [-0.25, -0.2) is 9.29 Å². The Labute approximate surface area is 311 Å². The van der Waals surface area contributed by atoms with Gasteiger partial charge in [-0.2, -0.15) is 0 Å². The molecule has 0 bridgehead atoms. The second-order valence-electron chi connectivity index (χ2n) is 15.6. The molecular formula is C42H39ClFN3O6. The molecule has 6 atom stereocenters. The second-order valence-corrected chi connectivity index (χ2v) is 16.0. The van der Waals surface area contributed by atoms with Gasteiger partial charge >= 0.3 is 0 Å². The van der Waals surface area contributed by atoms with Gasteiger partial charge in [-0.3, -0.25) is 29.0 Å². The molecule has 9 nitrogen and oxygen atoms in total. The van der Waals surface area contributed by atoms with Crippen LogP contribution in [0.25, 0.3) is 0 Å². The number of carbonyl (C=O) groups is 4. The first kappa shape index (κ1) is 34.0. The van der Waals surface area contributed by atoms with E-state index in [2.05, 4.69) is 17.0 Å². The minimum absolute atomic E-state index is 0.0754. The van der Waals surface area contributed by atoms with Crippen LogP contribution in [-0.4, -0.2) is 57.7 Å². The van der Waals surface area contributed by atoms with E-state index < -0.39 is 52.6 Å². The molecule has 9 rings (SSSR count). The number of piperidine rings is 1. The molecule has 0 spiro atoms. The molecular weight excluding hydrogens is 697 g/mol. The van der Waals surface area contributed by atoms with E-state index in [1.165, 1.54) is 22.6 Å². The monoisotopic (exact) mass is 735 g/mol. The molecule has 11 heteroatoms. The molecule has 1 N–H and O–H groups in total. The highest BCUT2D eigenvalue weighted by atomic mass is 35.5. The van der Waals surface area contributed by atoms with E-state index in [-0.39, 0.29) is 40.7 Å². The molecule has 53 heavy (non-hydrogen) atoms. The lowest BCUT2D eigenvalue weighted by atomic mass is 9.51. The van der Waals surface area contributed by atoms with Crippen molar-refractivity contribution in [2.24, 2.45) is 35.0 Å². The van der Waals surface area contributed by atoms with Crippen LogP contribution in [0.4, 0.5) is 10.1 Å². The van der Waals surface area contributed by atoms with Gasteiger partial charge in [0.25, 0.3) is 0 Å². The molecule has 3 saturated heterocycles. The molecule has 6 aliphatic rings. The summed E-state index contributed by atoms with van der Waals surface area (Å²) in [6, 6.07) is 18.7. The first-order valence-electron chi connectivity index (χ1n) is 18.4. The van der Waals surface area contributed by atoms with Crippen LogP contribution < -0.4 is 9.64 Å². The fourth-order valence-corrected chi connectivity index (χ4v) is 10.5. The van der Waals surface area contributed by atoms with Gasteiger partial charge in [0.15, 0.2) is 0 Å². The average molecular weight is 736 g/mol. The summed E-state index contributed by atoms with van der Waals surface area (Å²) in [6.45, 7) is 4.15. The van der Waals surface area contributed by atoms with Crippen molar-refractivity contribution in [2.75, 3.05) is 18.0 Å². The normalized spacial score (nSPS) is 30.0. The number of allylic oxidation sites excluding steroid dienone is 3. The molecule has 3 aromatic rings. The molecule has 2 aliphatic carbocycles. The van der Waals surface area contributed by atoms with Crippen LogP contribution >= 0.6 is 11.6 Å². The first-order valence-corrected chi connectivity index (χ1v) is 18.8. The number of carbonyl (C=O) groups excluding carboxylic acids is 4. The number of hydrogen-bond acceptors (Lipinski definition) is 7. The summed E-state index contributed by atoms with van der Waals surface area (Å²) in [7, 11) is 0. The number of rotatable bonds is 5. The summed E-state index contributed by atoms with van der Waals surface area (Å²) < 4.78 is 20.3. The Morgan fingerprint density at radius 2 is 1.72 bits per heavy atom. The van der Waals surface area contributed by atoms with Crippen molar-refractivity contribution in [3.63, 3.8) is 0 Å². The highest BCUT2D eigenvalue weighted by Crippen LogP contribution is 2.63. The Balaban J connectivity index is 1.05. The quantitative estimate of drug-likeness (QED) is 0.238. The molecule has 4 heterocycles. The van der Waals surface area contributed by atoms with Gasteiger partial charge in [0.05, 0.1) is 40.1 Å². The lowest BCUT2D eigenvalue weighted by Crippen LogP contribution is -2.51. The van der Waals surface area contributed by atoms with Crippen molar-refractivity contribution in [1.29, 1.82) is 0 Å². The number of imide groups is 2. The molecule has 0 radical (unpaired) electrons. The third-order valence-electron chi connectivity index (χ3n) is 12.8. The van der Waals surface area contributed by atoms with Gasteiger partial charge in [-0.05, 0) is 86.1 Å². The smallest absolute Gasteiger partial charge is 0.241 e. The Morgan fingerprint density at radius 3 is 2.47 bits per heavy atom. The molecule has 0 unspecified atom stereocenters. The summed E-state index contributed by atoms with van der Waals surface area (Å²) in [5.41, 5.74) is 2.45. The number of aromatic hydroxyl groups is 1. The topological polar surface area (TPSA) is 107 Å². The average Bonchev–Trinajstić information content (AvgIpc) is 3.52. The van der Waals surface area contributed by atoms with Crippen molar-refractivity contribution >= 4 is 40.9 Å². The maximum atomic E-state index is 14.7. The molecule has 272 valence electrons. The number of benzene rings is 3. The number of likely N-dealkylation sites (tertiary alicyclic amines) is 2. The Morgan fingerprint density at radius 1 is 0.943 bits per heavy atom. The largest absolute Gasteiger partial charge is 0.508 e. The number of phenolic OH excluding ortho intramolecular Hbond substituents is 1. The van der Waals surface area contributed by atoms with Gasteiger partial charge in [0.1, 0.15) is 17.3 Å². The van der Waals surface area contributed by atoms with Crippen LogP contribution in [0, 0.1) is 40.8 Å². The second kappa shape index (κ2) is 12.7. The van der Waals surface area contributed by atoms with Crippen LogP contribution in [0.1, 0.15) is 43.7 Å². The summed E-state index contributed by atoms with van der Waals surface area (Å²) in [5.74, 6) is -4.38. The third kappa shape index (κ3) is 5.28. The van der Waals surface area contributed by atoms with Crippen LogP contribution in [-0.2, 0) is 32.1 Å². The SMILES string of the molecule is C[C@@]12C(=O)N(c3ccc(F)c(Cl)c3)C(=O)[C@@H]1C[C@@H]1C(=CC[C@@H]3C(=O)N(C4CCN(Cc5ccccc5)CC4)C(=O)[C@@H]31)[C@@H]2C1=COc2ccc(O)cc2C1. The zero-order valence-corrected chi connectivity index (χ0v) is 30.0. The maximum absolute atomic E-state index is 14.7. The van der Waals surface area contributed by atoms with Crippen LogP contribution in [0.3, 0.4) is 0 Å². The van der Waals surface area contributed by atoms with Gasteiger partial charge in [0, 0.05) is 43.6 Å². The minimum atomic E-state index is -1.28. The summed E-state index contributed by atoms with van der Waals surface area (Å²) in [5, 5.41) is 10.1. The standard InChI is InChI=1S/C42H39ClFN3O6/c1-42-32(39(50)47(41(42)52)27-7-11-34(44)33(43)19-27)20-31-29(37(42)25-17-24-18-28(48)8-12-35(24)53-22-25)9-10-30-36(31)40(51)46(38(30)49)26-13-15-45(16-14-26)21-23-5-3-2-4-6-23/h2-9,11-12,18-19,22,26,30-32,36-37,48H,10,13-17,20-21H2,1H3/t30-,31+,32-,36-,37-,42+/m0/s1. The van der Waals surface area contributed by atoms with E-state index in [0.717, 1.165) is 47.3 Å². The predicted molar refractivity (Wildman–Crippen MR) is 194 cm³/mol. The minimum Gasteiger partial charge on any atom is -0.508 e. The Bertz CT molecular complexity index is 2130. The van der Waals surface area contributed by atoms with Crippen molar-refractivity contribution in [1.82, 2.24) is 9.80 Å². The lowest BCUT2D eigenvalue weighted by Gasteiger charge is -2.50. The van der Waals surface area contributed by atoms with E-state index in [1.807, 2.05) is 24.3 Å².